The topological polar surface area (TPSA) is 146 Å². The van der Waals surface area contributed by atoms with Gasteiger partial charge in [-0.2, -0.15) is 0 Å². The van der Waals surface area contributed by atoms with Crippen LogP contribution in [0.4, 0.5) is 0 Å². The van der Waals surface area contributed by atoms with E-state index in [2.05, 4.69) is 20.5 Å². The quantitative estimate of drug-likeness (QED) is 0.188. The van der Waals surface area contributed by atoms with Gasteiger partial charge in [0.25, 0.3) is 0 Å². The van der Waals surface area contributed by atoms with Gasteiger partial charge in [-0.1, -0.05) is 48.9 Å². The van der Waals surface area contributed by atoms with E-state index in [1.807, 2.05) is 30.3 Å². The summed E-state index contributed by atoms with van der Waals surface area (Å²) in [5.74, 6) is -0.308. The van der Waals surface area contributed by atoms with Gasteiger partial charge < -0.3 is 27.2 Å². The molecular formula is C26H36N6O3. The van der Waals surface area contributed by atoms with Crippen LogP contribution in [0.1, 0.15) is 49.3 Å². The van der Waals surface area contributed by atoms with E-state index < -0.39 is 12.1 Å². The van der Waals surface area contributed by atoms with Gasteiger partial charge in [0.15, 0.2) is 5.96 Å². The molecule has 2 aromatic carbocycles. The van der Waals surface area contributed by atoms with Gasteiger partial charge in [-0.05, 0) is 62.0 Å². The normalized spacial score (nSPS) is 15.5. The van der Waals surface area contributed by atoms with Gasteiger partial charge >= 0.3 is 0 Å². The number of aromatic hydroxyl groups is 1. The fourth-order valence-electron chi connectivity index (χ4n) is 4.29. The van der Waals surface area contributed by atoms with Crippen LogP contribution in [0.2, 0.25) is 0 Å². The van der Waals surface area contributed by atoms with Gasteiger partial charge in [0.05, 0.1) is 0 Å². The first kappa shape index (κ1) is 26.0. The van der Waals surface area contributed by atoms with Crippen LogP contribution in [0, 0.1) is 0 Å². The average Bonchev–Trinajstić information content (AvgIpc) is 2.86. The predicted octanol–water partition coefficient (Wildman–Crippen LogP) is 1.77. The van der Waals surface area contributed by atoms with E-state index >= 15 is 0 Å². The molecular weight excluding hydrogens is 444 g/mol. The van der Waals surface area contributed by atoms with Crippen LogP contribution in [0.15, 0.2) is 59.6 Å². The van der Waals surface area contributed by atoms with E-state index in [4.69, 9.17) is 11.5 Å². The lowest BCUT2D eigenvalue weighted by Gasteiger charge is -2.34. The number of benzene rings is 2. The summed E-state index contributed by atoms with van der Waals surface area (Å²) in [5.41, 5.74) is 12.6. The highest BCUT2D eigenvalue weighted by atomic mass is 16.3. The van der Waals surface area contributed by atoms with Gasteiger partial charge in [-0.3, -0.25) is 19.5 Å². The first-order chi connectivity index (χ1) is 16.9. The third-order valence-corrected chi connectivity index (χ3v) is 6.10. The minimum absolute atomic E-state index is 0.00314. The highest BCUT2D eigenvalue weighted by Crippen LogP contribution is 2.25. The second kappa shape index (κ2) is 13.3. The summed E-state index contributed by atoms with van der Waals surface area (Å²) in [4.78, 5) is 32.9. The highest BCUT2D eigenvalue weighted by Gasteiger charge is 2.31. The Hall–Kier alpha value is -3.59. The van der Waals surface area contributed by atoms with E-state index in [-0.39, 0.29) is 30.1 Å². The van der Waals surface area contributed by atoms with Crippen molar-refractivity contribution in [2.24, 2.45) is 16.5 Å². The number of aliphatic imine (C=N–C) groups is 1. The van der Waals surface area contributed by atoms with E-state index in [0.29, 0.717) is 19.4 Å². The summed E-state index contributed by atoms with van der Waals surface area (Å²) in [6.07, 6.45) is 4.19. The molecule has 0 radical (unpaired) electrons. The molecule has 0 saturated carbocycles. The van der Waals surface area contributed by atoms with Gasteiger partial charge in [0, 0.05) is 13.1 Å². The summed E-state index contributed by atoms with van der Waals surface area (Å²) >= 11 is 0. The van der Waals surface area contributed by atoms with E-state index in [0.717, 1.165) is 43.5 Å². The van der Waals surface area contributed by atoms with Crippen molar-refractivity contribution in [1.29, 1.82) is 0 Å². The lowest BCUT2D eigenvalue weighted by Crippen LogP contribution is -2.51. The van der Waals surface area contributed by atoms with E-state index in [9.17, 15) is 14.7 Å². The number of hydrogen-bond acceptors (Lipinski definition) is 5. The number of rotatable bonds is 11. The standard InChI is InChI=1S/C26H36N6O3/c27-26(28)29-15-7-10-22(24(34)30-18-19-11-13-21(33)14-12-19)31-25(35)23(20-8-3-1-4-9-20)32-16-5-2-6-17-32/h1,3-4,8-9,11-14,22-23,33H,2,5-7,10,15-18H2,(H,30,34)(H,31,35)(H4,27,28,29)/t22-,23?/m1/s1. The molecule has 35 heavy (non-hydrogen) atoms. The van der Waals surface area contributed by atoms with Crippen molar-refractivity contribution in [3.63, 3.8) is 0 Å². The Bertz CT molecular complexity index is 970. The highest BCUT2D eigenvalue weighted by molar-refractivity contribution is 5.90. The molecule has 1 saturated heterocycles. The number of nitrogens with zero attached hydrogens (tertiary/aromatic N) is 2. The maximum atomic E-state index is 13.6. The van der Waals surface area contributed by atoms with Crippen LogP contribution in [0.3, 0.4) is 0 Å². The van der Waals surface area contributed by atoms with Gasteiger partial charge in [0.1, 0.15) is 17.8 Å². The molecule has 0 spiro atoms. The van der Waals surface area contributed by atoms with Gasteiger partial charge in [0.2, 0.25) is 11.8 Å². The second-order valence-electron chi connectivity index (χ2n) is 8.80. The Kier molecular flexibility index (Phi) is 9.92. The Balaban J connectivity index is 1.72. The van der Waals surface area contributed by atoms with Crippen molar-refractivity contribution < 1.29 is 14.7 Å². The molecule has 1 fully saturated rings. The Labute approximate surface area is 206 Å². The largest absolute Gasteiger partial charge is 0.508 e. The third kappa shape index (κ3) is 8.29. The fraction of sp³-hybridized carbons (Fsp3) is 0.423. The fourth-order valence-corrected chi connectivity index (χ4v) is 4.29. The summed E-state index contributed by atoms with van der Waals surface area (Å²) in [6, 6.07) is 15.1. The van der Waals surface area contributed by atoms with Gasteiger partial charge in [-0.15, -0.1) is 0 Å². The molecule has 188 valence electrons. The molecule has 0 aromatic heterocycles. The molecule has 2 aromatic rings. The number of carbonyl (C=O) groups excluding carboxylic acids is 2. The zero-order chi connectivity index (χ0) is 25.0. The number of hydrogen-bond donors (Lipinski definition) is 5. The van der Waals surface area contributed by atoms with E-state index in [1.165, 1.54) is 0 Å². The minimum Gasteiger partial charge on any atom is -0.508 e. The van der Waals surface area contributed by atoms with Crippen LogP contribution in [0.25, 0.3) is 0 Å². The summed E-state index contributed by atoms with van der Waals surface area (Å²) in [6.45, 7) is 2.34. The van der Waals surface area contributed by atoms with Crippen LogP contribution >= 0.6 is 0 Å². The molecule has 1 aliphatic heterocycles. The number of phenols is 1. The number of phenolic OH excluding ortho intramolecular Hbond substituents is 1. The zero-order valence-electron chi connectivity index (χ0n) is 20.0. The van der Waals surface area contributed by atoms with Crippen LogP contribution in [-0.4, -0.2) is 53.5 Å². The molecule has 2 amide bonds. The van der Waals surface area contributed by atoms with Crippen LogP contribution < -0.4 is 22.1 Å². The van der Waals surface area contributed by atoms with Gasteiger partial charge in [-0.25, -0.2) is 0 Å². The monoisotopic (exact) mass is 480 g/mol. The number of guanidine groups is 1. The van der Waals surface area contributed by atoms with Crippen LogP contribution in [0.5, 0.6) is 5.75 Å². The van der Waals surface area contributed by atoms with Crippen molar-refractivity contribution in [3.05, 3.63) is 65.7 Å². The maximum absolute atomic E-state index is 13.6. The van der Waals surface area contributed by atoms with Crippen molar-refractivity contribution in [3.8, 4) is 5.75 Å². The molecule has 7 N–H and O–H groups in total. The SMILES string of the molecule is NC(N)=NCCC[C@@H](NC(=O)C(c1ccccc1)N1CCCCC1)C(=O)NCc1ccc(O)cc1. The van der Waals surface area contributed by atoms with E-state index in [1.54, 1.807) is 24.3 Å². The smallest absolute Gasteiger partial charge is 0.242 e. The molecule has 1 aliphatic rings. The van der Waals surface area contributed by atoms with Crippen molar-refractivity contribution >= 4 is 17.8 Å². The molecule has 0 aliphatic carbocycles. The lowest BCUT2D eigenvalue weighted by atomic mass is 10.00. The number of likely N-dealkylation sites (tertiary alicyclic amines) is 1. The van der Waals surface area contributed by atoms with Crippen molar-refractivity contribution in [2.45, 2.75) is 50.7 Å². The molecule has 9 nitrogen and oxygen atoms in total. The molecule has 3 rings (SSSR count). The molecule has 1 heterocycles. The number of carbonyl (C=O) groups is 2. The molecule has 0 bridgehead atoms. The predicted molar refractivity (Wildman–Crippen MR) is 136 cm³/mol. The summed E-state index contributed by atoms with van der Waals surface area (Å²) in [5, 5.41) is 15.4. The number of piperidine rings is 1. The maximum Gasteiger partial charge on any atom is 0.242 e. The van der Waals surface area contributed by atoms with Crippen molar-refractivity contribution in [1.82, 2.24) is 15.5 Å². The number of amides is 2. The third-order valence-electron chi connectivity index (χ3n) is 6.10. The Morgan fingerprint density at radius 2 is 1.66 bits per heavy atom. The second-order valence-corrected chi connectivity index (χ2v) is 8.80. The molecule has 9 heteroatoms. The first-order valence-corrected chi connectivity index (χ1v) is 12.1. The average molecular weight is 481 g/mol. The van der Waals surface area contributed by atoms with Crippen molar-refractivity contribution in [2.75, 3.05) is 19.6 Å². The zero-order valence-corrected chi connectivity index (χ0v) is 20.0. The first-order valence-electron chi connectivity index (χ1n) is 12.1. The Morgan fingerprint density at radius 3 is 2.31 bits per heavy atom. The number of nitrogens with one attached hydrogen (secondary N) is 2. The summed E-state index contributed by atoms with van der Waals surface area (Å²) < 4.78 is 0. The Morgan fingerprint density at radius 1 is 0.971 bits per heavy atom. The summed E-state index contributed by atoms with van der Waals surface area (Å²) in [7, 11) is 0. The lowest BCUT2D eigenvalue weighted by molar-refractivity contribution is -0.132. The molecule has 2 atom stereocenters. The number of nitrogens with two attached hydrogens (primary N) is 2. The minimum atomic E-state index is -0.732. The van der Waals surface area contributed by atoms with Crippen LogP contribution in [-0.2, 0) is 16.1 Å². The molecule has 1 unspecified atom stereocenters.